The molecule has 0 heterocycles. The monoisotopic (exact) mass is 355 g/mol. The molecule has 4 heteroatoms. The minimum absolute atomic E-state index is 0.0133. The highest BCUT2D eigenvalue weighted by Gasteiger charge is 2.28. The van der Waals surface area contributed by atoms with Crippen LogP contribution in [0.2, 0.25) is 0 Å². The third-order valence-electron chi connectivity index (χ3n) is 4.08. The Morgan fingerprint density at radius 1 is 0.808 bits per heavy atom. The number of hydrogen-bond donors (Lipinski definition) is 0. The van der Waals surface area contributed by atoms with Crippen LogP contribution in [0.4, 0.5) is 0 Å². The van der Waals surface area contributed by atoms with Crippen LogP contribution in [0.25, 0.3) is 0 Å². The number of rotatable bonds is 6. The van der Waals surface area contributed by atoms with Crippen LogP contribution in [-0.4, -0.2) is 63.1 Å². The zero-order valence-electron chi connectivity index (χ0n) is 17.1. The summed E-state index contributed by atoms with van der Waals surface area (Å²) < 4.78 is 6.42. The van der Waals surface area contributed by atoms with Crippen molar-refractivity contribution in [2.24, 2.45) is 0 Å². The van der Waals surface area contributed by atoms with Crippen molar-refractivity contribution in [1.82, 2.24) is 14.7 Å². The molecule has 0 bridgehead atoms. The molecule has 0 N–H and O–H groups in total. The highest BCUT2D eigenvalue weighted by atomic mass is 16.5. The van der Waals surface area contributed by atoms with Gasteiger partial charge in [-0.15, -0.1) is 0 Å². The van der Waals surface area contributed by atoms with E-state index in [1.54, 1.807) is 0 Å². The van der Waals surface area contributed by atoms with Gasteiger partial charge >= 0.3 is 0 Å². The van der Waals surface area contributed by atoms with E-state index in [9.17, 15) is 0 Å². The van der Waals surface area contributed by atoms with Gasteiger partial charge in [0.15, 0.2) is 0 Å². The van der Waals surface area contributed by atoms with Crippen molar-refractivity contribution in [2.45, 2.75) is 25.6 Å². The molecule has 1 saturated carbocycles. The maximum absolute atomic E-state index is 6.42. The fraction of sp³-hybridized carbons (Fsp3) is 0.455. The van der Waals surface area contributed by atoms with Crippen molar-refractivity contribution in [1.29, 1.82) is 0 Å². The molecule has 2 rings (SSSR count). The minimum atomic E-state index is 0.0133. The first kappa shape index (κ1) is 20.1. The summed E-state index contributed by atoms with van der Waals surface area (Å²) in [4.78, 5) is 6.35. The maximum Gasteiger partial charge on any atom is 0.104 e. The number of nitrogens with zero attached hydrogens (tertiary/aromatic N) is 3. The lowest BCUT2D eigenvalue weighted by molar-refractivity contribution is 0.0791. The van der Waals surface area contributed by atoms with E-state index < -0.39 is 0 Å². The van der Waals surface area contributed by atoms with Crippen molar-refractivity contribution < 1.29 is 4.74 Å². The van der Waals surface area contributed by atoms with E-state index in [4.69, 9.17) is 4.74 Å². The van der Waals surface area contributed by atoms with E-state index in [2.05, 4.69) is 99.9 Å². The van der Waals surface area contributed by atoms with E-state index in [1.807, 2.05) is 6.07 Å². The van der Waals surface area contributed by atoms with Crippen LogP contribution >= 0.6 is 0 Å². The predicted octanol–water partition coefficient (Wildman–Crippen LogP) is 3.70. The topological polar surface area (TPSA) is 19.0 Å². The van der Waals surface area contributed by atoms with Crippen LogP contribution in [0.15, 0.2) is 65.7 Å². The number of allylic oxidation sites excluding steroid dienone is 1. The van der Waals surface area contributed by atoms with E-state index in [1.165, 1.54) is 22.3 Å². The molecular formula is C22H33N3O. The molecule has 1 aliphatic carbocycles. The Morgan fingerprint density at radius 3 is 1.77 bits per heavy atom. The van der Waals surface area contributed by atoms with Gasteiger partial charge in [0, 0.05) is 54.7 Å². The molecule has 0 radical (unpaired) electrons. The Labute approximate surface area is 159 Å². The van der Waals surface area contributed by atoms with E-state index >= 15 is 0 Å². The van der Waals surface area contributed by atoms with E-state index in [0.717, 1.165) is 12.8 Å². The van der Waals surface area contributed by atoms with Gasteiger partial charge < -0.3 is 19.4 Å². The Balaban J connectivity index is 2.31. The third-order valence-corrected chi connectivity index (χ3v) is 4.08. The summed E-state index contributed by atoms with van der Waals surface area (Å²) >= 11 is 0. The molecule has 0 aliphatic heterocycles. The van der Waals surface area contributed by atoms with Crippen molar-refractivity contribution in [3.8, 4) is 0 Å². The van der Waals surface area contributed by atoms with E-state index in [-0.39, 0.29) is 6.10 Å². The molecule has 142 valence electrons. The Bertz CT molecular complexity index is 627. The molecule has 1 aromatic carbocycles. The second kappa shape index (κ2) is 9.48. The number of hydrogen-bond acceptors (Lipinski definition) is 4. The molecule has 0 spiro atoms. The Morgan fingerprint density at radius 2 is 1.31 bits per heavy atom. The molecule has 1 aliphatic rings. The SMILES string of the molecule is CN(C)C=C1C/C(=C/N(C)C)C(OCc2ccccc2)/C(=C/N(C)C)C1. The third kappa shape index (κ3) is 6.26. The summed E-state index contributed by atoms with van der Waals surface area (Å²) in [5, 5.41) is 0. The predicted molar refractivity (Wildman–Crippen MR) is 110 cm³/mol. The van der Waals surface area contributed by atoms with Crippen LogP contribution in [-0.2, 0) is 11.3 Å². The van der Waals surface area contributed by atoms with Crippen molar-refractivity contribution >= 4 is 0 Å². The smallest absolute Gasteiger partial charge is 0.104 e. The molecule has 4 nitrogen and oxygen atoms in total. The zero-order chi connectivity index (χ0) is 19.1. The van der Waals surface area contributed by atoms with Crippen LogP contribution < -0.4 is 0 Å². The average Bonchev–Trinajstić information content (AvgIpc) is 2.53. The molecule has 0 amide bonds. The summed E-state index contributed by atoms with van der Waals surface area (Å²) in [5.41, 5.74) is 5.23. The first-order valence-corrected chi connectivity index (χ1v) is 9.10. The van der Waals surface area contributed by atoms with Gasteiger partial charge in [-0.1, -0.05) is 30.3 Å². The largest absolute Gasteiger partial charge is 0.384 e. The van der Waals surface area contributed by atoms with Crippen LogP contribution in [0.3, 0.4) is 0 Å². The fourth-order valence-electron chi connectivity index (χ4n) is 3.32. The van der Waals surface area contributed by atoms with Crippen LogP contribution in [0.5, 0.6) is 0 Å². The minimum Gasteiger partial charge on any atom is -0.384 e. The molecule has 1 unspecified atom stereocenters. The van der Waals surface area contributed by atoms with Gasteiger partial charge in [0.2, 0.25) is 0 Å². The highest BCUT2D eigenvalue weighted by molar-refractivity contribution is 5.37. The molecule has 1 aromatic rings. The van der Waals surface area contributed by atoms with Gasteiger partial charge in [-0.2, -0.15) is 0 Å². The fourth-order valence-corrected chi connectivity index (χ4v) is 3.32. The highest BCUT2D eigenvalue weighted by Crippen LogP contribution is 2.35. The average molecular weight is 356 g/mol. The van der Waals surface area contributed by atoms with Gasteiger partial charge in [0.1, 0.15) is 6.10 Å². The molecular weight excluding hydrogens is 322 g/mol. The van der Waals surface area contributed by atoms with Gasteiger partial charge in [0.25, 0.3) is 0 Å². The lowest BCUT2D eigenvalue weighted by atomic mass is 9.84. The van der Waals surface area contributed by atoms with Gasteiger partial charge in [-0.25, -0.2) is 0 Å². The summed E-state index contributed by atoms with van der Waals surface area (Å²) in [7, 11) is 12.4. The second-order valence-electron chi connectivity index (χ2n) is 7.62. The molecule has 26 heavy (non-hydrogen) atoms. The van der Waals surface area contributed by atoms with Crippen LogP contribution in [0, 0.1) is 0 Å². The second-order valence-corrected chi connectivity index (χ2v) is 7.62. The normalized spacial score (nSPS) is 22.1. The Kier molecular flexibility index (Phi) is 7.34. The van der Waals surface area contributed by atoms with Gasteiger partial charge in [-0.3, -0.25) is 0 Å². The lowest BCUT2D eigenvalue weighted by Crippen LogP contribution is -2.27. The zero-order valence-corrected chi connectivity index (χ0v) is 17.1. The van der Waals surface area contributed by atoms with Crippen molar-refractivity contribution in [2.75, 3.05) is 42.3 Å². The summed E-state index contributed by atoms with van der Waals surface area (Å²) in [5.74, 6) is 0. The Hall–Kier alpha value is -2.20. The van der Waals surface area contributed by atoms with Gasteiger partial charge in [0.05, 0.1) is 6.61 Å². The lowest BCUT2D eigenvalue weighted by Gasteiger charge is -2.32. The molecule has 1 fully saturated rings. The quantitative estimate of drug-likeness (QED) is 0.774. The molecule has 0 saturated heterocycles. The van der Waals surface area contributed by atoms with Crippen molar-refractivity contribution in [3.05, 3.63) is 71.2 Å². The standard InChI is InChI=1S/C22H33N3O/c1-23(2)14-19-12-20(15-24(3)4)22(21(13-19)16-25(5)6)26-17-18-10-8-7-9-11-18/h7-11,14-16,22H,12-13,17H2,1-6H3/b19-14?,20-15-,21-16+. The maximum atomic E-state index is 6.42. The molecule has 0 aromatic heterocycles. The van der Waals surface area contributed by atoms with Crippen LogP contribution in [0.1, 0.15) is 18.4 Å². The first-order valence-electron chi connectivity index (χ1n) is 9.10. The summed E-state index contributed by atoms with van der Waals surface area (Å²) in [6.45, 7) is 0.619. The number of ether oxygens (including phenoxy) is 1. The van der Waals surface area contributed by atoms with Crippen molar-refractivity contribution in [3.63, 3.8) is 0 Å². The van der Waals surface area contributed by atoms with E-state index in [0.29, 0.717) is 6.61 Å². The summed E-state index contributed by atoms with van der Waals surface area (Å²) in [6.07, 6.45) is 8.56. The first-order chi connectivity index (χ1) is 12.3. The van der Waals surface area contributed by atoms with Gasteiger partial charge in [-0.05, 0) is 41.3 Å². The number of benzene rings is 1. The molecule has 1 atom stereocenters. The summed E-state index contributed by atoms with van der Waals surface area (Å²) in [6, 6.07) is 10.4.